The number of thioether (sulfide) groups is 1. The number of benzene rings is 1. The van der Waals surface area contributed by atoms with Crippen LogP contribution in [0.1, 0.15) is 49.0 Å². The molecule has 8 nitrogen and oxygen atoms in total. The van der Waals surface area contributed by atoms with Gasteiger partial charge in [-0.1, -0.05) is 17.8 Å². The van der Waals surface area contributed by atoms with Crippen LogP contribution in [0.3, 0.4) is 0 Å². The first-order valence-corrected chi connectivity index (χ1v) is 9.64. The van der Waals surface area contributed by atoms with Crippen LogP contribution in [0.4, 0.5) is 11.4 Å². The van der Waals surface area contributed by atoms with Crippen LogP contribution in [-0.4, -0.2) is 31.3 Å². The summed E-state index contributed by atoms with van der Waals surface area (Å²) in [6.45, 7) is 1.80. The molecule has 0 atom stereocenters. The number of non-ortho nitro benzene ring substituents is 1. The molecule has 0 spiro atoms. The number of nitro groups is 1. The van der Waals surface area contributed by atoms with E-state index < -0.39 is 4.92 Å². The summed E-state index contributed by atoms with van der Waals surface area (Å²) >= 11 is 1.37. The van der Waals surface area contributed by atoms with E-state index in [1.165, 1.54) is 36.7 Å². The molecule has 26 heavy (non-hydrogen) atoms. The number of carbonyl (C=O) groups is 1. The summed E-state index contributed by atoms with van der Waals surface area (Å²) in [5.74, 6) is 1.57. The van der Waals surface area contributed by atoms with Gasteiger partial charge in [-0.3, -0.25) is 14.9 Å². The number of carbonyl (C=O) groups excluding carboxylic acids is 1. The number of nitrogens with one attached hydrogen (secondary N) is 1. The number of nitrogens with zero attached hydrogens (tertiary/aromatic N) is 4. The largest absolute Gasteiger partial charge is 0.325 e. The van der Waals surface area contributed by atoms with Gasteiger partial charge in [-0.2, -0.15) is 0 Å². The Morgan fingerprint density at radius 1 is 1.35 bits per heavy atom. The Morgan fingerprint density at radius 2 is 2.12 bits per heavy atom. The quantitative estimate of drug-likeness (QED) is 0.453. The summed E-state index contributed by atoms with van der Waals surface area (Å²) in [4.78, 5) is 22.7. The van der Waals surface area contributed by atoms with Gasteiger partial charge < -0.3 is 9.88 Å². The molecule has 2 aliphatic rings. The maximum absolute atomic E-state index is 12.3. The van der Waals surface area contributed by atoms with Crippen molar-refractivity contribution >= 4 is 29.0 Å². The standard InChI is InChI=1S/C17H19N5O3S/c1-10-2-5-13(22(24)25)8-14(10)18-15(23)9-26-17-20-19-16(11-3-4-11)21(17)12-6-7-12/h2,5,8,11-12H,3-4,6-7,9H2,1H3,(H,18,23). The third-order valence-corrected chi connectivity index (χ3v) is 5.53. The lowest BCUT2D eigenvalue weighted by Gasteiger charge is -2.09. The molecule has 2 fully saturated rings. The Hall–Kier alpha value is -2.42. The van der Waals surface area contributed by atoms with Crippen molar-refractivity contribution in [2.24, 2.45) is 0 Å². The number of amides is 1. The zero-order valence-corrected chi connectivity index (χ0v) is 15.2. The molecule has 0 bridgehead atoms. The fraction of sp³-hybridized carbons (Fsp3) is 0.471. The molecule has 2 saturated carbocycles. The second kappa shape index (κ2) is 6.71. The van der Waals surface area contributed by atoms with Crippen molar-refractivity contribution in [3.05, 3.63) is 39.7 Å². The van der Waals surface area contributed by atoms with Crippen LogP contribution in [-0.2, 0) is 4.79 Å². The van der Waals surface area contributed by atoms with Crippen LogP contribution in [0.5, 0.6) is 0 Å². The van der Waals surface area contributed by atoms with Crippen molar-refractivity contribution in [2.75, 3.05) is 11.1 Å². The number of aryl methyl sites for hydroxylation is 1. The van der Waals surface area contributed by atoms with E-state index in [-0.39, 0.29) is 17.3 Å². The third-order valence-electron chi connectivity index (χ3n) is 4.58. The van der Waals surface area contributed by atoms with Gasteiger partial charge in [0.2, 0.25) is 5.91 Å². The molecule has 1 amide bonds. The molecule has 1 heterocycles. The number of anilines is 1. The van der Waals surface area contributed by atoms with Gasteiger partial charge in [-0.15, -0.1) is 10.2 Å². The van der Waals surface area contributed by atoms with E-state index in [0.717, 1.165) is 29.4 Å². The Morgan fingerprint density at radius 3 is 2.77 bits per heavy atom. The van der Waals surface area contributed by atoms with E-state index in [9.17, 15) is 14.9 Å². The molecule has 2 aliphatic carbocycles. The Bertz CT molecular complexity index is 873. The number of aromatic nitrogens is 3. The van der Waals surface area contributed by atoms with Crippen LogP contribution >= 0.6 is 11.8 Å². The Balaban J connectivity index is 1.42. The van der Waals surface area contributed by atoms with Gasteiger partial charge in [0.15, 0.2) is 5.16 Å². The molecule has 1 N–H and O–H groups in total. The zero-order valence-electron chi connectivity index (χ0n) is 14.3. The highest BCUT2D eigenvalue weighted by molar-refractivity contribution is 7.99. The summed E-state index contributed by atoms with van der Waals surface area (Å²) in [6, 6.07) is 4.92. The summed E-state index contributed by atoms with van der Waals surface area (Å²) in [5, 5.41) is 23.1. The zero-order chi connectivity index (χ0) is 18.3. The van der Waals surface area contributed by atoms with E-state index in [1.807, 2.05) is 0 Å². The monoisotopic (exact) mass is 373 g/mol. The average Bonchev–Trinajstić information content (AvgIpc) is 3.53. The summed E-state index contributed by atoms with van der Waals surface area (Å²) in [7, 11) is 0. The van der Waals surface area contributed by atoms with E-state index >= 15 is 0 Å². The molecule has 0 radical (unpaired) electrons. The first-order valence-electron chi connectivity index (χ1n) is 8.65. The van der Waals surface area contributed by atoms with E-state index in [2.05, 4.69) is 20.1 Å². The summed E-state index contributed by atoms with van der Waals surface area (Å²) in [6.07, 6.45) is 4.62. The van der Waals surface area contributed by atoms with Crippen LogP contribution in [0.15, 0.2) is 23.4 Å². The number of nitro benzene ring substituents is 1. The number of rotatable bonds is 7. The van der Waals surface area contributed by atoms with Gasteiger partial charge in [0.1, 0.15) is 5.82 Å². The molecular weight excluding hydrogens is 354 g/mol. The molecule has 0 saturated heterocycles. The minimum Gasteiger partial charge on any atom is -0.325 e. The maximum Gasteiger partial charge on any atom is 0.271 e. The maximum atomic E-state index is 12.3. The molecule has 2 aromatic rings. The van der Waals surface area contributed by atoms with E-state index in [0.29, 0.717) is 17.6 Å². The highest BCUT2D eigenvalue weighted by Crippen LogP contribution is 2.46. The van der Waals surface area contributed by atoms with Crippen molar-refractivity contribution in [1.29, 1.82) is 0 Å². The van der Waals surface area contributed by atoms with Crippen LogP contribution in [0, 0.1) is 17.0 Å². The summed E-state index contributed by atoms with van der Waals surface area (Å²) in [5.41, 5.74) is 1.21. The minimum atomic E-state index is -0.471. The van der Waals surface area contributed by atoms with Crippen molar-refractivity contribution in [3.63, 3.8) is 0 Å². The topological polar surface area (TPSA) is 103 Å². The lowest BCUT2D eigenvalue weighted by molar-refractivity contribution is -0.384. The molecule has 1 aromatic heterocycles. The van der Waals surface area contributed by atoms with Crippen molar-refractivity contribution in [1.82, 2.24) is 14.8 Å². The molecule has 0 unspecified atom stereocenters. The molecule has 4 rings (SSSR count). The predicted molar refractivity (Wildman–Crippen MR) is 97.5 cm³/mol. The van der Waals surface area contributed by atoms with Gasteiger partial charge >= 0.3 is 0 Å². The second-order valence-electron chi connectivity index (χ2n) is 6.81. The van der Waals surface area contributed by atoms with E-state index in [4.69, 9.17) is 0 Å². The normalized spacial score (nSPS) is 16.5. The van der Waals surface area contributed by atoms with Crippen molar-refractivity contribution in [3.8, 4) is 0 Å². The second-order valence-corrected chi connectivity index (χ2v) is 7.75. The van der Waals surface area contributed by atoms with E-state index in [1.54, 1.807) is 13.0 Å². The fourth-order valence-electron chi connectivity index (χ4n) is 2.86. The van der Waals surface area contributed by atoms with Crippen molar-refractivity contribution < 1.29 is 9.72 Å². The number of hydrogen-bond donors (Lipinski definition) is 1. The highest BCUT2D eigenvalue weighted by atomic mass is 32.2. The first kappa shape index (κ1) is 17.0. The van der Waals surface area contributed by atoms with Crippen LogP contribution in [0.2, 0.25) is 0 Å². The number of hydrogen-bond acceptors (Lipinski definition) is 6. The Labute approximate surface area is 154 Å². The minimum absolute atomic E-state index is 0.0406. The molecule has 9 heteroatoms. The Kier molecular flexibility index (Phi) is 4.39. The molecule has 136 valence electrons. The lowest BCUT2D eigenvalue weighted by atomic mass is 10.2. The first-order chi connectivity index (χ1) is 12.5. The average molecular weight is 373 g/mol. The fourth-order valence-corrected chi connectivity index (χ4v) is 3.67. The predicted octanol–water partition coefficient (Wildman–Crippen LogP) is 3.44. The highest BCUT2D eigenvalue weighted by Gasteiger charge is 2.36. The van der Waals surface area contributed by atoms with Gasteiger partial charge in [-0.05, 0) is 38.2 Å². The summed E-state index contributed by atoms with van der Waals surface area (Å²) < 4.78 is 2.20. The third kappa shape index (κ3) is 3.57. The molecule has 0 aliphatic heterocycles. The van der Waals surface area contributed by atoms with Gasteiger partial charge in [0.25, 0.3) is 5.69 Å². The van der Waals surface area contributed by atoms with Crippen LogP contribution < -0.4 is 5.32 Å². The SMILES string of the molecule is Cc1ccc([N+](=O)[O-])cc1NC(=O)CSc1nnc(C2CC2)n1C1CC1. The van der Waals surface area contributed by atoms with Gasteiger partial charge in [0.05, 0.1) is 16.4 Å². The van der Waals surface area contributed by atoms with Gasteiger partial charge in [-0.25, -0.2) is 0 Å². The lowest BCUT2D eigenvalue weighted by Crippen LogP contribution is -2.15. The van der Waals surface area contributed by atoms with Crippen molar-refractivity contribution in [2.45, 2.75) is 49.7 Å². The van der Waals surface area contributed by atoms with Gasteiger partial charge in [0, 0.05) is 24.1 Å². The molecular formula is C17H19N5O3S. The van der Waals surface area contributed by atoms with Crippen LogP contribution in [0.25, 0.3) is 0 Å². The molecule has 1 aromatic carbocycles. The smallest absolute Gasteiger partial charge is 0.271 e.